The van der Waals surface area contributed by atoms with Gasteiger partial charge in [-0.15, -0.1) is 0 Å². The van der Waals surface area contributed by atoms with Crippen LogP contribution in [0.25, 0.3) is 0 Å². The number of rotatable bonds is 48. The van der Waals surface area contributed by atoms with E-state index in [1.165, 1.54) is 0 Å². The molecule has 0 aromatic heterocycles. The minimum atomic E-state index is -1.14. The van der Waals surface area contributed by atoms with E-state index in [1.807, 2.05) is 94.1 Å². The van der Waals surface area contributed by atoms with Crippen molar-refractivity contribution in [3.05, 3.63) is 0 Å². The lowest BCUT2D eigenvalue weighted by Gasteiger charge is -2.01. The highest BCUT2D eigenvalue weighted by molar-refractivity contribution is 8.05. The van der Waals surface area contributed by atoms with Crippen LogP contribution in [0, 0.1) is 0 Å². The molecule has 0 aromatic carbocycles. The highest BCUT2D eigenvalue weighted by Crippen LogP contribution is 2.12. The van der Waals surface area contributed by atoms with Gasteiger partial charge in [-0.3, -0.25) is 0 Å². The molecule has 0 aromatic rings. The second-order valence-corrected chi connectivity index (χ2v) is 34.4. The highest BCUT2D eigenvalue weighted by atomic mass is 32.2. The molecule has 0 aliphatic carbocycles. The Morgan fingerprint density at radius 3 is 0.296 bits per heavy atom. The van der Waals surface area contributed by atoms with E-state index in [0.29, 0.717) is 46.0 Å². The molecule has 81 heavy (non-hydrogen) atoms. The molecule has 0 atom stereocenters. The van der Waals surface area contributed by atoms with Crippen molar-refractivity contribution in [1.29, 1.82) is 0 Å². The van der Waals surface area contributed by atoms with Gasteiger partial charge in [0, 0.05) is 138 Å². The molecule has 0 heterocycles. The van der Waals surface area contributed by atoms with Gasteiger partial charge in [-0.25, -0.2) is 0 Å². The van der Waals surface area contributed by atoms with Crippen LogP contribution in [0.5, 0.6) is 0 Å². The van der Waals surface area contributed by atoms with Gasteiger partial charge in [0.1, 0.15) is 0 Å². The van der Waals surface area contributed by atoms with Gasteiger partial charge in [-0.05, 0) is 46.0 Å². The summed E-state index contributed by atoms with van der Waals surface area (Å²) in [5, 5.41) is 135. The summed E-state index contributed by atoms with van der Waals surface area (Å²) in [7, 11) is 0. The molecular weight excluding hydrogens is 1360 g/mol. The SMILES string of the molecule is CCSCCSCC(O)O.CCSCCSCC(O)O.CCSCCSCC(O)O.CCSCCSCC(O)O.CCSCCSCC(O)O.CCSCCSCC(O)O.CCSCCSCC(O)O.CCSCCSCC(O)O.O. The van der Waals surface area contributed by atoms with Crippen molar-refractivity contribution >= 4 is 188 Å². The summed E-state index contributed by atoms with van der Waals surface area (Å²) in [6.07, 6.45) is -9.14. The Kier molecular flexibility index (Phi) is 131. The first-order valence-electron chi connectivity index (χ1n) is 26.3. The van der Waals surface area contributed by atoms with Crippen molar-refractivity contribution in [3.8, 4) is 0 Å². The van der Waals surface area contributed by atoms with Crippen LogP contribution in [0.4, 0.5) is 0 Å². The molecule has 0 saturated carbocycles. The van der Waals surface area contributed by atoms with Crippen LogP contribution in [0.3, 0.4) is 0 Å². The minimum Gasteiger partial charge on any atom is -0.412 e. The number of hydrogen-bond donors (Lipinski definition) is 16. The van der Waals surface area contributed by atoms with E-state index in [-0.39, 0.29) is 5.48 Å². The van der Waals surface area contributed by atoms with Gasteiger partial charge in [0.05, 0.1) is 0 Å². The van der Waals surface area contributed by atoms with Crippen LogP contribution >= 0.6 is 188 Å². The van der Waals surface area contributed by atoms with Gasteiger partial charge in [0.15, 0.2) is 50.3 Å². The van der Waals surface area contributed by atoms with Gasteiger partial charge >= 0.3 is 0 Å². The van der Waals surface area contributed by atoms with Crippen LogP contribution < -0.4 is 0 Å². The Hall–Kier alpha value is 4.92. The van der Waals surface area contributed by atoms with Crippen molar-refractivity contribution in [2.24, 2.45) is 0 Å². The van der Waals surface area contributed by atoms with Gasteiger partial charge in [-0.1, -0.05) is 55.4 Å². The maximum Gasteiger partial charge on any atom is 0.160 e. The molecule has 0 saturated heterocycles. The predicted octanol–water partition coefficient (Wildman–Crippen LogP) is 5.44. The van der Waals surface area contributed by atoms with Crippen LogP contribution in [-0.2, 0) is 0 Å². The lowest BCUT2D eigenvalue weighted by Crippen LogP contribution is -2.07. The molecule has 18 N–H and O–H groups in total. The second kappa shape index (κ2) is 101. The van der Waals surface area contributed by atoms with Crippen molar-refractivity contribution in [3.63, 3.8) is 0 Å². The third-order valence-corrected chi connectivity index (χ3v) is 24.2. The predicted molar refractivity (Wildman–Crippen MR) is 392 cm³/mol. The number of hydrogen-bond acceptors (Lipinski definition) is 32. The summed E-state index contributed by atoms with van der Waals surface area (Å²) in [5.41, 5.74) is 0. The monoisotopic (exact) mass is 1470 g/mol. The fourth-order valence-corrected chi connectivity index (χ4v) is 16.5. The molecule has 0 aliphatic heterocycles. The third-order valence-electron chi connectivity index (χ3n) is 6.74. The van der Waals surface area contributed by atoms with Crippen molar-refractivity contribution < 1.29 is 87.2 Å². The Bertz CT molecular complexity index is 768. The quantitative estimate of drug-likeness (QED) is 0.0266. The van der Waals surface area contributed by atoms with Gasteiger partial charge < -0.3 is 87.2 Å². The first-order chi connectivity index (χ1) is 38.2. The molecule has 504 valence electrons. The number of thioether (sulfide) groups is 16. The topological polar surface area (TPSA) is 355 Å². The van der Waals surface area contributed by atoms with E-state index in [9.17, 15) is 0 Å². The fourth-order valence-electron chi connectivity index (χ4n) is 3.61. The molecule has 0 aliphatic rings. The average molecular weight is 1480 g/mol. The molecule has 0 radical (unpaired) electrons. The Balaban J connectivity index is -0.000000104. The Labute approximate surface area is 559 Å². The first kappa shape index (κ1) is 105. The maximum atomic E-state index is 8.44. The molecule has 0 rings (SSSR count). The highest BCUT2D eigenvalue weighted by Gasteiger charge is 2.01. The second-order valence-electron chi connectivity index (χ2n) is 14.0. The molecule has 33 heteroatoms. The largest absolute Gasteiger partial charge is 0.412 e. The summed E-state index contributed by atoms with van der Waals surface area (Å²) in [6.45, 7) is 17.0. The molecule has 0 fully saturated rings. The van der Waals surface area contributed by atoms with Crippen LogP contribution in [0.1, 0.15) is 55.4 Å². The van der Waals surface area contributed by atoms with Gasteiger partial charge in [-0.2, -0.15) is 188 Å². The number of aliphatic hydroxyl groups is 16. The van der Waals surface area contributed by atoms with E-state index < -0.39 is 50.3 Å². The summed E-state index contributed by atoms with van der Waals surface area (Å²) in [4.78, 5) is 0. The van der Waals surface area contributed by atoms with E-state index >= 15 is 0 Å². The normalized spacial score (nSPS) is 10.7. The zero-order chi connectivity index (χ0) is 62.6. The Morgan fingerprint density at radius 1 is 0.160 bits per heavy atom. The maximum absolute atomic E-state index is 8.44. The summed E-state index contributed by atoms with van der Waals surface area (Å²) in [6, 6.07) is 0. The van der Waals surface area contributed by atoms with Crippen LogP contribution in [-0.4, -0.2) is 322 Å². The lowest BCUT2D eigenvalue weighted by atomic mass is 10.8. The standard InChI is InChI=1S/8C6H14O2S2.H2O/c8*1-2-9-3-4-10-5-6(7)8;/h8*6-8H,2-5H2,1H3;1H2. The van der Waals surface area contributed by atoms with Crippen molar-refractivity contribution in [1.82, 2.24) is 0 Å². The summed E-state index contributed by atoms with van der Waals surface area (Å²) in [5.74, 6) is 29.5. The molecule has 17 nitrogen and oxygen atoms in total. The molecule has 0 spiro atoms. The lowest BCUT2D eigenvalue weighted by molar-refractivity contribution is -0.0193. The van der Waals surface area contributed by atoms with E-state index in [2.05, 4.69) is 55.4 Å². The van der Waals surface area contributed by atoms with Crippen LogP contribution in [0.2, 0.25) is 0 Å². The molecule has 0 amide bonds. The van der Waals surface area contributed by atoms with E-state index in [1.54, 1.807) is 94.1 Å². The molecule has 0 unspecified atom stereocenters. The summed E-state index contributed by atoms with van der Waals surface area (Å²) < 4.78 is 0. The molecule has 0 bridgehead atoms. The third kappa shape index (κ3) is 157. The fraction of sp³-hybridized carbons (Fsp3) is 1.00. The molecular formula is C48H114O17S16. The van der Waals surface area contributed by atoms with Crippen molar-refractivity contribution in [2.75, 3.05) is 184 Å². The van der Waals surface area contributed by atoms with E-state index in [4.69, 9.17) is 81.7 Å². The minimum absolute atomic E-state index is 0. The average Bonchev–Trinajstić information content (AvgIpc) is 3.39. The summed E-state index contributed by atoms with van der Waals surface area (Å²) >= 11 is 27.6. The van der Waals surface area contributed by atoms with Crippen molar-refractivity contribution in [2.45, 2.75) is 106 Å². The number of aliphatic hydroxyl groups excluding tert-OH is 8. The zero-order valence-electron chi connectivity index (χ0n) is 49.4. The van der Waals surface area contributed by atoms with Gasteiger partial charge in [0.25, 0.3) is 0 Å². The zero-order valence-corrected chi connectivity index (χ0v) is 62.5. The van der Waals surface area contributed by atoms with E-state index in [0.717, 1.165) is 138 Å². The Morgan fingerprint density at radius 2 is 0.235 bits per heavy atom. The van der Waals surface area contributed by atoms with Crippen LogP contribution in [0.15, 0.2) is 0 Å². The smallest absolute Gasteiger partial charge is 0.160 e. The first-order valence-corrected chi connectivity index (χ1v) is 44.8. The van der Waals surface area contributed by atoms with Gasteiger partial charge in [0.2, 0.25) is 0 Å².